The van der Waals surface area contributed by atoms with Crippen molar-refractivity contribution in [1.82, 2.24) is 20.2 Å². The van der Waals surface area contributed by atoms with E-state index in [4.69, 9.17) is 9.47 Å². The van der Waals surface area contributed by atoms with Gasteiger partial charge in [-0.1, -0.05) is 11.8 Å². The van der Waals surface area contributed by atoms with E-state index in [2.05, 4.69) is 20.7 Å². The van der Waals surface area contributed by atoms with Crippen LogP contribution >= 0.6 is 11.8 Å². The molecule has 3 rings (SSSR count). The van der Waals surface area contributed by atoms with E-state index >= 15 is 0 Å². The summed E-state index contributed by atoms with van der Waals surface area (Å²) in [5.74, 6) is 2.30. The average Bonchev–Trinajstić information content (AvgIpc) is 3.22. The van der Waals surface area contributed by atoms with Gasteiger partial charge in [0.1, 0.15) is 11.5 Å². The first-order valence-electron chi connectivity index (χ1n) is 9.89. The van der Waals surface area contributed by atoms with Crippen LogP contribution in [0.2, 0.25) is 0 Å². The number of amides is 1. The maximum absolute atomic E-state index is 12.2. The van der Waals surface area contributed by atoms with Crippen LogP contribution in [0.1, 0.15) is 19.4 Å². The second-order valence-electron chi connectivity index (χ2n) is 6.36. The van der Waals surface area contributed by atoms with Gasteiger partial charge in [-0.2, -0.15) is 5.10 Å². The summed E-state index contributed by atoms with van der Waals surface area (Å²) < 4.78 is 12.6. The monoisotopic (exact) mass is 439 g/mol. The number of ether oxygens (including phenoxy) is 2. The van der Waals surface area contributed by atoms with E-state index in [1.807, 2.05) is 66.9 Å². The van der Waals surface area contributed by atoms with E-state index in [0.29, 0.717) is 18.3 Å². The number of thioether (sulfide) groups is 1. The number of hydrazone groups is 1. The fourth-order valence-corrected chi connectivity index (χ4v) is 3.59. The summed E-state index contributed by atoms with van der Waals surface area (Å²) in [5.41, 5.74) is 4.34. The fraction of sp³-hybridized carbons (Fsp3) is 0.273. The Morgan fingerprint density at radius 3 is 2.45 bits per heavy atom. The predicted octanol–water partition coefficient (Wildman–Crippen LogP) is 3.61. The van der Waals surface area contributed by atoms with Gasteiger partial charge in [-0.25, -0.2) is 5.43 Å². The maximum Gasteiger partial charge on any atom is 0.250 e. The van der Waals surface area contributed by atoms with Crippen LogP contribution in [0.4, 0.5) is 0 Å². The molecule has 0 fully saturated rings. The molecule has 162 valence electrons. The van der Waals surface area contributed by atoms with E-state index in [0.717, 1.165) is 28.5 Å². The molecule has 0 aliphatic heterocycles. The third kappa shape index (κ3) is 6.08. The van der Waals surface area contributed by atoms with Crippen LogP contribution in [0.25, 0.3) is 11.4 Å². The molecule has 1 heterocycles. The quantitative estimate of drug-likeness (QED) is 0.295. The minimum absolute atomic E-state index is 0.182. The molecule has 0 spiro atoms. The van der Waals surface area contributed by atoms with Gasteiger partial charge in [0.2, 0.25) is 0 Å². The Morgan fingerprint density at radius 1 is 1.10 bits per heavy atom. The SMILES string of the molecule is CCOc1ccc(/C=N\NC(=O)CSc2nnc(-c3ccc(OC)cc3)n2CC)cc1. The average molecular weight is 440 g/mol. The molecule has 3 aromatic rings. The highest BCUT2D eigenvalue weighted by molar-refractivity contribution is 7.99. The van der Waals surface area contributed by atoms with Gasteiger partial charge in [-0.15, -0.1) is 10.2 Å². The normalized spacial score (nSPS) is 10.9. The van der Waals surface area contributed by atoms with Gasteiger partial charge < -0.3 is 14.0 Å². The Hall–Kier alpha value is -3.33. The molecular weight excluding hydrogens is 414 g/mol. The van der Waals surface area contributed by atoms with Crippen LogP contribution in [-0.4, -0.2) is 46.4 Å². The summed E-state index contributed by atoms with van der Waals surface area (Å²) in [5, 5.41) is 13.2. The van der Waals surface area contributed by atoms with Crippen molar-refractivity contribution < 1.29 is 14.3 Å². The molecule has 0 aliphatic rings. The van der Waals surface area contributed by atoms with Crippen LogP contribution in [0.5, 0.6) is 11.5 Å². The van der Waals surface area contributed by atoms with Gasteiger partial charge in [-0.3, -0.25) is 4.79 Å². The third-order valence-corrected chi connectivity index (χ3v) is 5.27. The number of rotatable bonds is 10. The maximum atomic E-state index is 12.2. The van der Waals surface area contributed by atoms with Gasteiger partial charge in [-0.05, 0) is 67.9 Å². The number of aromatic nitrogens is 3. The van der Waals surface area contributed by atoms with Crippen molar-refractivity contribution in [2.45, 2.75) is 25.5 Å². The molecule has 0 aliphatic carbocycles. The second-order valence-corrected chi connectivity index (χ2v) is 7.31. The molecule has 0 atom stereocenters. The predicted molar refractivity (Wildman–Crippen MR) is 122 cm³/mol. The number of carbonyl (C=O) groups is 1. The summed E-state index contributed by atoms with van der Waals surface area (Å²) in [4.78, 5) is 12.2. The van der Waals surface area contributed by atoms with Crippen molar-refractivity contribution in [3.8, 4) is 22.9 Å². The molecule has 1 N–H and O–H groups in total. The van der Waals surface area contributed by atoms with E-state index in [-0.39, 0.29) is 11.7 Å². The molecule has 9 heteroatoms. The first-order valence-corrected chi connectivity index (χ1v) is 10.9. The number of carbonyl (C=O) groups excluding carboxylic acids is 1. The van der Waals surface area contributed by atoms with Crippen molar-refractivity contribution in [2.24, 2.45) is 5.10 Å². The lowest BCUT2D eigenvalue weighted by Gasteiger charge is -2.07. The van der Waals surface area contributed by atoms with Gasteiger partial charge in [0, 0.05) is 12.1 Å². The summed E-state index contributed by atoms with van der Waals surface area (Å²) in [6.45, 7) is 5.26. The largest absolute Gasteiger partial charge is 0.497 e. The number of nitrogens with one attached hydrogen (secondary N) is 1. The zero-order chi connectivity index (χ0) is 22.1. The highest BCUT2D eigenvalue weighted by atomic mass is 32.2. The molecule has 1 aromatic heterocycles. The van der Waals surface area contributed by atoms with E-state index < -0.39 is 0 Å². The van der Waals surface area contributed by atoms with Crippen molar-refractivity contribution in [2.75, 3.05) is 19.5 Å². The number of benzene rings is 2. The zero-order valence-electron chi connectivity index (χ0n) is 17.7. The van der Waals surface area contributed by atoms with E-state index in [1.165, 1.54) is 11.8 Å². The van der Waals surface area contributed by atoms with Gasteiger partial charge >= 0.3 is 0 Å². The van der Waals surface area contributed by atoms with Crippen LogP contribution in [-0.2, 0) is 11.3 Å². The van der Waals surface area contributed by atoms with Gasteiger partial charge in [0.25, 0.3) is 5.91 Å². The highest BCUT2D eigenvalue weighted by Crippen LogP contribution is 2.25. The fourth-order valence-electron chi connectivity index (χ4n) is 2.79. The van der Waals surface area contributed by atoms with Crippen molar-refractivity contribution in [1.29, 1.82) is 0 Å². The molecule has 1 amide bonds. The zero-order valence-corrected chi connectivity index (χ0v) is 18.6. The molecule has 0 saturated carbocycles. The molecule has 31 heavy (non-hydrogen) atoms. The molecule has 0 unspecified atom stereocenters. The minimum atomic E-state index is -0.219. The molecule has 0 bridgehead atoms. The third-order valence-electron chi connectivity index (χ3n) is 4.31. The van der Waals surface area contributed by atoms with Crippen molar-refractivity contribution >= 4 is 23.9 Å². The van der Waals surface area contributed by atoms with Crippen LogP contribution < -0.4 is 14.9 Å². The van der Waals surface area contributed by atoms with E-state index in [1.54, 1.807) is 13.3 Å². The Morgan fingerprint density at radius 2 is 1.81 bits per heavy atom. The number of nitrogens with zero attached hydrogens (tertiary/aromatic N) is 4. The molecule has 2 aromatic carbocycles. The van der Waals surface area contributed by atoms with Crippen LogP contribution in [0, 0.1) is 0 Å². The Balaban J connectivity index is 1.55. The Labute approximate surface area is 185 Å². The standard InChI is InChI=1S/C22H25N5O3S/c1-4-27-21(17-8-12-18(29-3)13-9-17)25-26-22(27)31-15-20(28)24-23-14-16-6-10-19(11-7-16)30-5-2/h6-14H,4-5,15H2,1-3H3,(H,24,28)/b23-14-. The van der Waals surface area contributed by atoms with E-state index in [9.17, 15) is 4.79 Å². The number of hydrogen-bond donors (Lipinski definition) is 1. The summed E-state index contributed by atoms with van der Waals surface area (Å²) in [6, 6.07) is 15.1. The van der Waals surface area contributed by atoms with Crippen molar-refractivity contribution in [3.05, 3.63) is 54.1 Å². The Bertz CT molecular complexity index is 1020. The lowest BCUT2D eigenvalue weighted by molar-refractivity contribution is -0.118. The smallest absolute Gasteiger partial charge is 0.250 e. The first kappa shape index (κ1) is 22.4. The number of methoxy groups -OCH3 is 1. The summed E-state index contributed by atoms with van der Waals surface area (Å²) in [7, 11) is 1.63. The Kier molecular flexibility index (Phi) is 8.05. The van der Waals surface area contributed by atoms with Crippen molar-refractivity contribution in [3.63, 3.8) is 0 Å². The molecule has 0 saturated heterocycles. The molecular formula is C22H25N5O3S. The lowest BCUT2D eigenvalue weighted by atomic mass is 10.2. The molecule has 8 nitrogen and oxygen atoms in total. The van der Waals surface area contributed by atoms with Crippen LogP contribution in [0.3, 0.4) is 0 Å². The first-order chi connectivity index (χ1) is 15.1. The van der Waals surface area contributed by atoms with Gasteiger partial charge in [0.15, 0.2) is 11.0 Å². The number of hydrogen-bond acceptors (Lipinski definition) is 7. The topological polar surface area (TPSA) is 90.6 Å². The molecule has 0 radical (unpaired) electrons. The highest BCUT2D eigenvalue weighted by Gasteiger charge is 2.14. The van der Waals surface area contributed by atoms with Gasteiger partial charge in [0.05, 0.1) is 25.7 Å². The summed E-state index contributed by atoms with van der Waals surface area (Å²) in [6.07, 6.45) is 1.59. The summed E-state index contributed by atoms with van der Waals surface area (Å²) >= 11 is 1.32. The lowest BCUT2D eigenvalue weighted by Crippen LogP contribution is -2.20. The second kappa shape index (κ2) is 11.2. The minimum Gasteiger partial charge on any atom is -0.497 e. The van der Waals surface area contributed by atoms with Crippen LogP contribution in [0.15, 0.2) is 58.8 Å².